The topological polar surface area (TPSA) is 23.8 Å². The van der Waals surface area contributed by atoms with Crippen LogP contribution in [0.1, 0.15) is 34.6 Å². The van der Waals surface area contributed by atoms with Gasteiger partial charge in [-0.2, -0.15) is 0 Å². The first-order valence-electron chi connectivity index (χ1n) is 4.41. The number of rotatable bonds is 1. The van der Waals surface area contributed by atoms with Gasteiger partial charge in [-0.25, -0.2) is 18.6 Å². The summed E-state index contributed by atoms with van der Waals surface area (Å²) in [7, 11) is 9.78. The van der Waals surface area contributed by atoms with Gasteiger partial charge in [-0.1, -0.05) is 34.6 Å². The fourth-order valence-corrected chi connectivity index (χ4v) is 0.421. The molecule has 109 valence electrons. The Balaban J connectivity index is -0.0000000296. The molecule has 1 N–H and O–H groups in total. The second-order valence-corrected chi connectivity index (χ2v) is 6.74. The molecular formula is C13H30Cl2NSiTi. The summed E-state index contributed by atoms with van der Waals surface area (Å²) in [6.07, 6.45) is 1.94. The maximum absolute atomic E-state index is 6.94. The van der Waals surface area contributed by atoms with Gasteiger partial charge in [0.25, 0.3) is 0 Å². The molecule has 0 unspecified atom stereocenters. The van der Waals surface area contributed by atoms with Gasteiger partial charge in [0.05, 0.1) is 0 Å². The Morgan fingerprint density at radius 2 is 1.39 bits per heavy atom. The van der Waals surface area contributed by atoms with Crippen molar-refractivity contribution >= 4 is 29.6 Å². The van der Waals surface area contributed by atoms with Crippen molar-refractivity contribution in [3.63, 3.8) is 0 Å². The van der Waals surface area contributed by atoms with Crippen LogP contribution >= 0.6 is 18.6 Å². The fraction of sp³-hybridized carbons (Fsp3) is 0.462. The minimum atomic E-state index is -0.556. The van der Waals surface area contributed by atoms with Crippen LogP contribution in [0.4, 0.5) is 0 Å². The first-order chi connectivity index (χ1) is 6.54. The maximum atomic E-state index is 6.94. The fourth-order valence-electron chi connectivity index (χ4n) is 0.421. The van der Waals surface area contributed by atoms with Crippen molar-refractivity contribution in [3.05, 3.63) is 51.3 Å². The van der Waals surface area contributed by atoms with Gasteiger partial charge in [0.15, 0.2) is 0 Å². The number of allylic oxidation sites excluding steroid dienone is 3. The minimum absolute atomic E-state index is 0. The van der Waals surface area contributed by atoms with E-state index in [0.29, 0.717) is 0 Å². The number of halogens is 2. The third-order valence-corrected chi connectivity index (χ3v) is 0.493. The van der Waals surface area contributed by atoms with E-state index in [4.69, 9.17) is 24.3 Å². The molecule has 0 aromatic heterocycles. The van der Waals surface area contributed by atoms with Gasteiger partial charge in [-0.05, 0) is 11.0 Å². The van der Waals surface area contributed by atoms with Crippen LogP contribution < -0.4 is 0 Å². The molecule has 0 heterocycles. The average Bonchev–Trinajstić information content (AvgIpc) is 1.79. The molecule has 0 aliphatic rings. The molecule has 0 aliphatic carbocycles. The smallest absolute Gasteiger partial charge is 0.0125 e. The first-order valence-corrected chi connectivity index (χ1v) is 8.71. The Kier molecular flexibility index (Phi) is 46.4. The van der Waals surface area contributed by atoms with Crippen LogP contribution in [-0.2, 0) is 17.0 Å². The van der Waals surface area contributed by atoms with Gasteiger partial charge in [0, 0.05) is 0 Å². The molecule has 0 spiro atoms. The molecule has 0 bridgehead atoms. The third-order valence-electron chi connectivity index (χ3n) is 0.493. The van der Waals surface area contributed by atoms with Crippen molar-refractivity contribution in [2.75, 3.05) is 0 Å². The molecule has 0 atom stereocenters. The summed E-state index contributed by atoms with van der Waals surface area (Å²) in [5, 5.41) is 0. The molecule has 0 aromatic rings. The van der Waals surface area contributed by atoms with Crippen LogP contribution in [0.2, 0.25) is 0 Å². The van der Waals surface area contributed by atoms with Crippen molar-refractivity contribution in [1.29, 1.82) is 0 Å². The molecule has 0 saturated carbocycles. The quantitative estimate of drug-likeness (QED) is 0.350. The van der Waals surface area contributed by atoms with E-state index in [0.717, 1.165) is 11.1 Å². The van der Waals surface area contributed by atoms with Crippen molar-refractivity contribution in [1.82, 2.24) is 0 Å². The number of hydrogen-bond acceptors (Lipinski definition) is 0. The molecule has 5 heteroatoms. The summed E-state index contributed by atoms with van der Waals surface area (Å²) in [5.41, 5.74) is 8.81. The van der Waals surface area contributed by atoms with E-state index in [1.165, 1.54) is 0 Å². The van der Waals surface area contributed by atoms with Crippen LogP contribution in [0.25, 0.3) is 5.73 Å². The molecule has 0 fully saturated rings. The van der Waals surface area contributed by atoms with E-state index in [1.807, 2.05) is 40.7 Å². The Hall–Kier alpha value is 0.821. The van der Waals surface area contributed by atoms with Crippen molar-refractivity contribution in [3.8, 4) is 0 Å². The largest absolute Gasteiger partial charge is 0.0125 e. The molecule has 0 saturated heterocycles. The summed E-state index contributed by atoms with van der Waals surface area (Å²) in [5.74, 6) is 0. The average molecular weight is 347 g/mol. The molecule has 0 rings (SSSR count). The van der Waals surface area contributed by atoms with Gasteiger partial charge in [-0.15, -0.1) is 17.7 Å². The predicted molar refractivity (Wildman–Crippen MR) is 92.5 cm³/mol. The molecule has 1 nitrogen and oxygen atoms in total. The van der Waals surface area contributed by atoms with Gasteiger partial charge < -0.3 is 20.6 Å². The zero-order chi connectivity index (χ0) is 13.1. The van der Waals surface area contributed by atoms with Crippen molar-refractivity contribution in [2.45, 2.75) is 40.2 Å². The Bertz CT molecular complexity index is 180. The van der Waals surface area contributed by atoms with Crippen LogP contribution in [-0.4, -0.2) is 16.5 Å². The summed E-state index contributed by atoms with van der Waals surface area (Å²) < 4.78 is 0. The SMILES string of the molecule is C=C(C)C=C([CH2-])C.CC(C)(C)[NH-].[CH3-].[CH3-].[Cl][Ti+4][Cl].[SiH3]. The van der Waals surface area contributed by atoms with E-state index in [-0.39, 0.29) is 31.4 Å². The van der Waals surface area contributed by atoms with E-state index in [9.17, 15) is 0 Å². The normalized spacial score (nSPS) is 9.00. The monoisotopic (exact) mass is 346 g/mol. The van der Waals surface area contributed by atoms with Crippen LogP contribution in [0.5, 0.6) is 0 Å². The Morgan fingerprint density at radius 3 is 1.39 bits per heavy atom. The number of hydrogen-bond donors (Lipinski definition) is 0. The van der Waals surface area contributed by atoms with Gasteiger partial charge in [-0.3, -0.25) is 0 Å². The Morgan fingerprint density at radius 1 is 1.22 bits per heavy atom. The summed E-state index contributed by atoms with van der Waals surface area (Å²) in [6.45, 7) is 16.8. The third kappa shape index (κ3) is 181. The predicted octanol–water partition coefficient (Wildman–Crippen LogP) is 5.27. The molecule has 0 aliphatic heterocycles. The van der Waals surface area contributed by atoms with E-state index in [1.54, 1.807) is 0 Å². The van der Waals surface area contributed by atoms with Crippen molar-refractivity contribution in [2.24, 2.45) is 0 Å². The second-order valence-electron chi connectivity index (χ2n) is 4.16. The minimum Gasteiger partial charge on any atom is -0.0125 e. The maximum Gasteiger partial charge on any atom is -0.0125 e. The molecule has 0 aromatic carbocycles. The summed E-state index contributed by atoms with van der Waals surface area (Å²) >= 11 is -0.556. The number of nitrogens with one attached hydrogen (secondary N) is 1. The Labute approximate surface area is 137 Å². The second kappa shape index (κ2) is 23.0. The standard InChI is InChI=1S/C7H11.C4H10N.2CH3.2ClH.H3Si.Ti/c1-6(2)5-7(3)4;1-4(2,3)5;;;;;;/h5H,1,3H2,2,4H3;5H,1-3H3;2*1H3;2*1H;1H3;/q4*-1;;;;+6/p-2. The van der Waals surface area contributed by atoms with Crippen molar-refractivity contribution < 1.29 is 17.0 Å². The van der Waals surface area contributed by atoms with Crippen LogP contribution in [0.3, 0.4) is 0 Å². The van der Waals surface area contributed by atoms with E-state index in [2.05, 4.69) is 13.5 Å². The summed E-state index contributed by atoms with van der Waals surface area (Å²) in [4.78, 5) is 0. The molecule has 18 heavy (non-hydrogen) atoms. The van der Waals surface area contributed by atoms with E-state index < -0.39 is 17.0 Å². The zero-order valence-electron chi connectivity index (χ0n) is 13.2. The van der Waals surface area contributed by atoms with Crippen LogP contribution in [0.15, 0.2) is 23.8 Å². The van der Waals surface area contributed by atoms with Gasteiger partial charge in [0.1, 0.15) is 0 Å². The molecule has 1 radical (unpaired) electrons. The molecular weight excluding hydrogens is 317 g/mol. The first kappa shape index (κ1) is 36.4. The molecule has 0 amide bonds. The van der Waals surface area contributed by atoms with Gasteiger partial charge in [0.2, 0.25) is 0 Å². The summed E-state index contributed by atoms with van der Waals surface area (Å²) in [6, 6.07) is 0. The van der Waals surface area contributed by atoms with Gasteiger partial charge >= 0.3 is 35.6 Å². The van der Waals surface area contributed by atoms with Crippen LogP contribution in [0, 0.1) is 21.8 Å². The zero-order valence-corrected chi connectivity index (χ0v) is 18.3. The van der Waals surface area contributed by atoms with E-state index >= 15 is 0 Å².